The molecule has 1 N–H and O–H groups in total. The molecule has 0 amide bonds. The molecule has 0 saturated heterocycles. The molecule has 0 aliphatic carbocycles. The Labute approximate surface area is 65.4 Å². The fraction of sp³-hybridized carbons (Fsp3) is 0. The zero-order valence-corrected chi connectivity index (χ0v) is 6.38. The summed E-state index contributed by atoms with van der Waals surface area (Å²) in [6.45, 7) is 5.27. The molecule has 0 spiro atoms. The SMILES string of the molecule is [CH]c1ccccc1S(=O)(=O)O. The smallest absolute Gasteiger partial charge is 0.282 e. The molecule has 0 aliphatic heterocycles. The lowest BCUT2D eigenvalue weighted by atomic mass is 10.2. The molecule has 1 aromatic carbocycles. The first-order valence-corrected chi connectivity index (χ1v) is 4.28. The molecule has 0 atom stereocenters. The van der Waals surface area contributed by atoms with Gasteiger partial charge in [-0.15, -0.1) is 0 Å². The van der Waals surface area contributed by atoms with Gasteiger partial charge in [0.05, 0.1) is 4.90 Å². The lowest BCUT2D eigenvalue weighted by molar-refractivity contribution is 0.483. The minimum Gasteiger partial charge on any atom is -0.282 e. The van der Waals surface area contributed by atoms with Gasteiger partial charge in [-0.25, -0.2) is 0 Å². The van der Waals surface area contributed by atoms with E-state index in [9.17, 15) is 8.42 Å². The summed E-state index contributed by atoms with van der Waals surface area (Å²) in [6, 6.07) is 5.72. The van der Waals surface area contributed by atoms with Crippen LogP contribution in [0.1, 0.15) is 5.56 Å². The van der Waals surface area contributed by atoms with E-state index in [2.05, 4.69) is 0 Å². The first kappa shape index (κ1) is 8.23. The highest BCUT2D eigenvalue weighted by molar-refractivity contribution is 7.85. The van der Waals surface area contributed by atoms with Crippen molar-refractivity contribution in [3.63, 3.8) is 0 Å². The van der Waals surface area contributed by atoms with Gasteiger partial charge in [-0.05, 0) is 11.6 Å². The van der Waals surface area contributed by atoms with Crippen LogP contribution in [0.4, 0.5) is 0 Å². The maximum Gasteiger partial charge on any atom is 0.294 e. The molecular weight excluding hydrogens is 164 g/mol. The molecule has 1 aromatic rings. The first-order valence-electron chi connectivity index (χ1n) is 2.84. The molecule has 0 bridgehead atoms. The number of hydrogen-bond donors (Lipinski definition) is 1. The average Bonchev–Trinajstić information content (AvgIpc) is 1.86. The Balaban J connectivity index is 3.37. The fourth-order valence-corrected chi connectivity index (χ4v) is 1.33. The maximum atomic E-state index is 10.5. The van der Waals surface area contributed by atoms with E-state index in [0.29, 0.717) is 0 Å². The quantitative estimate of drug-likeness (QED) is 0.639. The van der Waals surface area contributed by atoms with Crippen LogP contribution in [-0.2, 0) is 10.1 Å². The topological polar surface area (TPSA) is 54.4 Å². The van der Waals surface area contributed by atoms with Crippen LogP contribution in [-0.4, -0.2) is 13.0 Å². The minimum absolute atomic E-state index is 0.0509. The van der Waals surface area contributed by atoms with E-state index in [-0.39, 0.29) is 10.5 Å². The molecule has 2 radical (unpaired) electrons. The largest absolute Gasteiger partial charge is 0.294 e. The molecule has 0 unspecified atom stereocenters. The summed E-state index contributed by atoms with van der Waals surface area (Å²) in [5.41, 5.74) is 0.0509. The van der Waals surface area contributed by atoms with E-state index in [1.54, 1.807) is 6.07 Å². The van der Waals surface area contributed by atoms with Crippen LogP contribution in [0.5, 0.6) is 0 Å². The van der Waals surface area contributed by atoms with Gasteiger partial charge >= 0.3 is 0 Å². The maximum absolute atomic E-state index is 10.5. The fourth-order valence-electron chi connectivity index (χ4n) is 0.715. The summed E-state index contributed by atoms with van der Waals surface area (Å²) >= 11 is 0. The van der Waals surface area contributed by atoms with Gasteiger partial charge in [0.25, 0.3) is 10.1 Å². The predicted octanol–water partition coefficient (Wildman–Crippen LogP) is 0.992. The van der Waals surface area contributed by atoms with Crippen LogP contribution in [0.3, 0.4) is 0 Å². The van der Waals surface area contributed by atoms with Gasteiger partial charge in [-0.1, -0.05) is 18.2 Å². The lowest BCUT2D eigenvalue weighted by Crippen LogP contribution is -1.99. The van der Waals surface area contributed by atoms with Gasteiger partial charge in [0.2, 0.25) is 0 Å². The van der Waals surface area contributed by atoms with Gasteiger partial charge in [0, 0.05) is 6.92 Å². The first-order chi connectivity index (χ1) is 5.02. The predicted molar refractivity (Wildman–Crippen MR) is 39.7 cm³/mol. The third-order valence-corrected chi connectivity index (χ3v) is 2.12. The van der Waals surface area contributed by atoms with Crippen molar-refractivity contribution < 1.29 is 13.0 Å². The normalized spacial score (nSPS) is 11.5. The molecule has 0 aromatic heterocycles. The van der Waals surface area contributed by atoms with E-state index >= 15 is 0 Å². The standard InChI is InChI=1S/C7H6O3S/c1-6-4-2-3-5-7(6)11(8,9)10/h1-5H,(H,8,9,10). The van der Waals surface area contributed by atoms with E-state index in [1.807, 2.05) is 0 Å². The van der Waals surface area contributed by atoms with Gasteiger partial charge in [0.1, 0.15) is 0 Å². The zero-order chi connectivity index (χ0) is 8.48. The molecule has 0 saturated carbocycles. The summed E-state index contributed by atoms with van der Waals surface area (Å²) in [7, 11) is -4.16. The summed E-state index contributed by atoms with van der Waals surface area (Å²) in [5, 5.41) is 0. The molecule has 4 heteroatoms. The van der Waals surface area contributed by atoms with Crippen molar-refractivity contribution in [1.29, 1.82) is 0 Å². The Hall–Kier alpha value is -0.870. The third-order valence-electron chi connectivity index (χ3n) is 1.20. The Bertz CT molecular complexity index is 354. The van der Waals surface area contributed by atoms with Crippen LogP contribution in [0.25, 0.3) is 0 Å². The Kier molecular flexibility index (Phi) is 1.97. The van der Waals surface area contributed by atoms with Crippen molar-refractivity contribution in [2.45, 2.75) is 4.90 Å². The van der Waals surface area contributed by atoms with Crippen molar-refractivity contribution in [2.24, 2.45) is 0 Å². The highest BCUT2D eigenvalue weighted by Crippen LogP contribution is 2.12. The molecule has 58 valence electrons. The van der Waals surface area contributed by atoms with Gasteiger partial charge < -0.3 is 0 Å². The van der Waals surface area contributed by atoms with Crippen molar-refractivity contribution in [3.8, 4) is 0 Å². The van der Waals surface area contributed by atoms with Crippen LogP contribution in [0, 0.1) is 6.92 Å². The van der Waals surface area contributed by atoms with Gasteiger partial charge in [0.15, 0.2) is 0 Å². The van der Waals surface area contributed by atoms with E-state index in [4.69, 9.17) is 11.5 Å². The molecular formula is C7H6O3S. The van der Waals surface area contributed by atoms with Crippen molar-refractivity contribution in [3.05, 3.63) is 36.8 Å². The Morgan fingerprint density at radius 3 is 2.18 bits per heavy atom. The summed E-state index contributed by atoms with van der Waals surface area (Å²) in [4.78, 5) is -0.250. The Morgan fingerprint density at radius 1 is 1.27 bits per heavy atom. The average molecular weight is 170 g/mol. The van der Waals surface area contributed by atoms with Crippen molar-refractivity contribution in [1.82, 2.24) is 0 Å². The highest BCUT2D eigenvalue weighted by atomic mass is 32.2. The van der Waals surface area contributed by atoms with Gasteiger partial charge in [-0.3, -0.25) is 4.55 Å². The molecule has 3 nitrogen and oxygen atoms in total. The molecule has 11 heavy (non-hydrogen) atoms. The lowest BCUT2D eigenvalue weighted by Gasteiger charge is -1.98. The van der Waals surface area contributed by atoms with Crippen LogP contribution in [0.15, 0.2) is 29.2 Å². The second-order valence-electron chi connectivity index (χ2n) is 2.01. The monoisotopic (exact) mass is 170 g/mol. The van der Waals surface area contributed by atoms with Crippen molar-refractivity contribution >= 4 is 10.1 Å². The summed E-state index contributed by atoms with van der Waals surface area (Å²) in [6.07, 6.45) is 0. The summed E-state index contributed by atoms with van der Waals surface area (Å²) < 4.78 is 29.6. The molecule has 0 heterocycles. The van der Waals surface area contributed by atoms with Crippen LogP contribution >= 0.6 is 0 Å². The van der Waals surface area contributed by atoms with Crippen LogP contribution in [0.2, 0.25) is 0 Å². The van der Waals surface area contributed by atoms with Gasteiger partial charge in [-0.2, -0.15) is 8.42 Å². The summed E-state index contributed by atoms with van der Waals surface area (Å²) in [5.74, 6) is 0. The molecule has 1 rings (SSSR count). The van der Waals surface area contributed by atoms with E-state index in [0.717, 1.165) is 0 Å². The molecule has 0 fully saturated rings. The van der Waals surface area contributed by atoms with Crippen LogP contribution < -0.4 is 0 Å². The highest BCUT2D eigenvalue weighted by Gasteiger charge is 2.10. The second kappa shape index (κ2) is 2.64. The number of hydrogen-bond acceptors (Lipinski definition) is 2. The Morgan fingerprint density at radius 2 is 1.82 bits per heavy atom. The second-order valence-corrected chi connectivity index (χ2v) is 3.40. The van der Waals surface area contributed by atoms with Crippen molar-refractivity contribution in [2.75, 3.05) is 0 Å². The number of rotatable bonds is 1. The molecule has 0 aliphatic rings. The minimum atomic E-state index is -4.16. The van der Waals surface area contributed by atoms with E-state index < -0.39 is 10.1 Å². The number of benzene rings is 1. The third kappa shape index (κ3) is 1.78. The zero-order valence-electron chi connectivity index (χ0n) is 5.56. The van der Waals surface area contributed by atoms with E-state index in [1.165, 1.54) is 18.2 Å².